The van der Waals surface area contributed by atoms with Gasteiger partial charge in [-0.15, -0.1) is 0 Å². The van der Waals surface area contributed by atoms with E-state index in [2.05, 4.69) is 32.9 Å². The first kappa shape index (κ1) is 18.8. The number of carbonyl (C=O) groups is 1. The number of fused-ring (bicyclic) bond motifs is 1. The number of benzene rings is 3. The van der Waals surface area contributed by atoms with Crippen molar-refractivity contribution in [3.8, 4) is 17.2 Å². The normalized spacial score (nSPS) is 10.8. The number of halogens is 2. The Kier molecular flexibility index (Phi) is 5.23. The number of hydrogen-bond donors (Lipinski definition) is 1. The maximum atomic E-state index is 12.6. The van der Waals surface area contributed by atoms with Crippen LogP contribution < -0.4 is 10.1 Å². The fourth-order valence-electron chi connectivity index (χ4n) is 2.81. The van der Waals surface area contributed by atoms with E-state index in [-0.39, 0.29) is 5.91 Å². The van der Waals surface area contributed by atoms with Crippen LogP contribution in [-0.4, -0.2) is 18.0 Å². The fourth-order valence-corrected chi connectivity index (χ4v) is 3.50. The van der Waals surface area contributed by atoms with Crippen molar-refractivity contribution < 1.29 is 13.9 Å². The molecule has 0 saturated carbocycles. The highest BCUT2D eigenvalue weighted by atomic mass is 127. The SMILES string of the molecule is COc1ccccc1C(=O)Nc1ccc2oc(-c3cc(I)ccc3Cl)nc2c1. The van der Waals surface area contributed by atoms with Gasteiger partial charge in [0.2, 0.25) is 5.89 Å². The number of para-hydroxylation sites is 1. The Morgan fingerprint density at radius 2 is 1.96 bits per heavy atom. The van der Waals surface area contributed by atoms with Crippen molar-refractivity contribution in [1.82, 2.24) is 4.98 Å². The van der Waals surface area contributed by atoms with Crippen LogP contribution in [0.3, 0.4) is 0 Å². The zero-order valence-electron chi connectivity index (χ0n) is 14.7. The van der Waals surface area contributed by atoms with E-state index in [0.717, 1.165) is 9.13 Å². The van der Waals surface area contributed by atoms with Crippen LogP contribution >= 0.6 is 34.2 Å². The highest BCUT2D eigenvalue weighted by Gasteiger charge is 2.15. The average Bonchev–Trinajstić information content (AvgIpc) is 3.12. The van der Waals surface area contributed by atoms with E-state index in [1.54, 1.807) is 36.4 Å². The summed E-state index contributed by atoms with van der Waals surface area (Å²) >= 11 is 8.49. The summed E-state index contributed by atoms with van der Waals surface area (Å²) in [6.07, 6.45) is 0. The van der Waals surface area contributed by atoms with Crippen LogP contribution in [0, 0.1) is 3.57 Å². The average molecular weight is 505 g/mol. The van der Waals surface area contributed by atoms with Gasteiger partial charge in [0.05, 0.1) is 23.3 Å². The molecule has 0 unspecified atom stereocenters. The topological polar surface area (TPSA) is 64.4 Å². The Labute approximate surface area is 179 Å². The van der Waals surface area contributed by atoms with Crippen molar-refractivity contribution in [2.75, 3.05) is 12.4 Å². The van der Waals surface area contributed by atoms with Crippen molar-refractivity contribution in [3.05, 3.63) is 74.8 Å². The third-order valence-electron chi connectivity index (χ3n) is 4.16. The Balaban J connectivity index is 1.65. The molecule has 0 aliphatic carbocycles. The van der Waals surface area contributed by atoms with Crippen LogP contribution in [0.5, 0.6) is 5.75 Å². The van der Waals surface area contributed by atoms with Crippen molar-refractivity contribution >= 4 is 56.9 Å². The molecule has 0 aliphatic heterocycles. The minimum Gasteiger partial charge on any atom is -0.496 e. The van der Waals surface area contributed by atoms with Gasteiger partial charge in [0.1, 0.15) is 11.3 Å². The van der Waals surface area contributed by atoms with Crippen LogP contribution in [0.2, 0.25) is 5.02 Å². The lowest BCUT2D eigenvalue weighted by Gasteiger charge is -2.08. The van der Waals surface area contributed by atoms with Crippen molar-refractivity contribution in [1.29, 1.82) is 0 Å². The van der Waals surface area contributed by atoms with E-state index in [4.69, 9.17) is 20.8 Å². The molecule has 0 fully saturated rings. The Morgan fingerprint density at radius 1 is 1.14 bits per heavy atom. The Morgan fingerprint density at radius 3 is 2.79 bits per heavy atom. The molecule has 4 rings (SSSR count). The van der Waals surface area contributed by atoms with Gasteiger partial charge in [-0.1, -0.05) is 23.7 Å². The number of rotatable bonds is 4. The smallest absolute Gasteiger partial charge is 0.259 e. The molecule has 0 saturated heterocycles. The molecule has 0 spiro atoms. The van der Waals surface area contributed by atoms with Gasteiger partial charge in [-0.25, -0.2) is 4.98 Å². The third kappa shape index (κ3) is 3.70. The summed E-state index contributed by atoms with van der Waals surface area (Å²) in [5, 5.41) is 3.43. The molecule has 0 aliphatic rings. The van der Waals surface area contributed by atoms with Gasteiger partial charge in [0, 0.05) is 9.26 Å². The van der Waals surface area contributed by atoms with Gasteiger partial charge in [-0.2, -0.15) is 0 Å². The quantitative estimate of drug-likeness (QED) is 0.346. The molecule has 28 heavy (non-hydrogen) atoms. The summed E-state index contributed by atoms with van der Waals surface area (Å²) in [7, 11) is 1.53. The number of ether oxygens (including phenoxy) is 1. The lowest BCUT2D eigenvalue weighted by molar-refractivity contribution is 0.102. The lowest BCUT2D eigenvalue weighted by Crippen LogP contribution is -2.13. The van der Waals surface area contributed by atoms with E-state index in [1.807, 2.05) is 24.3 Å². The summed E-state index contributed by atoms with van der Waals surface area (Å²) in [5.74, 6) is 0.686. The first-order valence-electron chi connectivity index (χ1n) is 8.35. The third-order valence-corrected chi connectivity index (χ3v) is 5.16. The van der Waals surface area contributed by atoms with Crippen molar-refractivity contribution in [2.24, 2.45) is 0 Å². The molecule has 1 heterocycles. The molecule has 4 aromatic rings. The molecule has 5 nitrogen and oxygen atoms in total. The lowest BCUT2D eigenvalue weighted by atomic mass is 10.2. The first-order chi connectivity index (χ1) is 13.5. The summed E-state index contributed by atoms with van der Waals surface area (Å²) in [5.41, 5.74) is 3.03. The van der Waals surface area contributed by atoms with Crippen LogP contribution in [0.1, 0.15) is 10.4 Å². The zero-order valence-corrected chi connectivity index (χ0v) is 17.6. The molecule has 1 amide bonds. The molecule has 0 radical (unpaired) electrons. The number of methoxy groups -OCH3 is 1. The maximum Gasteiger partial charge on any atom is 0.259 e. The van der Waals surface area contributed by atoms with Gasteiger partial charge in [-0.3, -0.25) is 4.79 Å². The number of aromatic nitrogens is 1. The molecular formula is C21H14ClIN2O3. The van der Waals surface area contributed by atoms with Crippen LogP contribution in [0.25, 0.3) is 22.6 Å². The summed E-state index contributed by atoms with van der Waals surface area (Å²) in [6, 6.07) is 18.0. The largest absolute Gasteiger partial charge is 0.496 e. The number of carbonyl (C=O) groups excluding carboxylic acids is 1. The summed E-state index contributed by atoms with van der Waals surface area (Å²) < 4.78 is 12.1. The van der Waals surface area contributed by atoms with Crippen molar-refractivity contribution in [2.45, 2.75) is 0 Å². The number of nitrogens with zero attached hydrogens (tertiary/aromatic N) is 1. The van der Waals surface area contributed by atoms with E-state index >= 15 is 0 Å². The molecular weight excluding hydrogens is 491 g/mol. The van der Waals surface area contributed by atoms with E-state index in [1.165, 1.54) is 7.11 Å². The van der Waals surface area contributed by atoms with Gasteiger partial charge in [-0.05, 0) is 71.1 Å². The summed E-state index contributed by atoms with van der Waals surface area (Å²) in [4.78, 5) is 17.1. The second-order valence-electron chi connectivity index (χ2n) is 5.98. The standard InChI is InChI=1S/C21H14ClIN2O3/c1-27-18-5-3-2-4-14(18)20(26)24-13-7-9-19-17(11-13)25-21(28-19)15-10-12(23)6-8-16(15)22/h2-11H,1H3,(H,24,26). The Bertz CT molecular complexity index is 1190. The summed E-state index contributed by atoms with van der Waals surface area (Å²) in [6.45, 7) is 0. The van der Waals surface area contributed by atoms with Crippen LogP contribution in [-0.2, 0) is 0 Å². The highest BCUT2D eigenvalue weighted by Crippen LogP contribution is 2.32. The number of anilines is 1. The van der Waals surface area contributed by atoms with Crippen LogP contribution in [0.4, 0.5) is 5.69 Å². The number of oxazole rings is 1. The number of amides is 1. The molecule has 0 bridgehead atoms. The number of hydrogen-bond acceptors (Lipinski definition) is 4. The van der Waals surface area contributed by atoms with E-state index in [0.29, 0.717) is 39.0 Å². The predicted molar refractivity (Wildman–Crippen MR) is 118 cm³/mol. The van der Waals surface area contributed by atoms with E-state index < -0.39 is 0 Å². The van der Waals surface area contributed by atoms with Gasteiger partial charge < -0.3 is 14.5 Å². The zero-order chi connectivity index (χ0) is 19.7. The molecule has 7 heteroatoms. The maximum absolute atomic E-state index is 12.6. The second kappa shape index (κ2) is 7.81. The van der Waals surface area contributed by atoms with E-state index in [9.17, 15) is 4.79 Å². The minimum atomic E-state index is -0.263. The number of nitrogens with one attached hydrogen (secondary N) is 1. The van der Waals surface area contributed by atoms with Crippen LogP contribution in [0.15, 0.2) is 65.1 Å². The van der Waals surface area contributed by atoms with Gasteiger partial charge in [0.25, 0.3) is 5.91 Å². The highest BCUT2D eigenvalue weighted by molar-refractivity contribution is 14.1. The molecule has 3 aromatic carbocycles. The van der Waals surface area contributed by atoms with Crippen molar-refractivity contribution in [3.63, 3.8) is 0 Å². The second-order valence-corrected chi connectivity index (χ2v) is 7.63. The molecule has 1 aromatic heterocycles. The minimum absolute atomic E-state index is 0.263. The fraction of sp³-hybridized carbons (Fsp3) is 0.0476. The molecule has 1 N–H and O–H groups in total. The van der Waals surface area contributed by atoms with Gasteiger partial charge >= 0.3 is 0 Å². The first-order valence-corrected chi connectivity index (χ1v) is 9.81. The predicted octanol–water partition coefficient (Wildman–Crippen LogP) is 6.01. The molecule has 140 valence electrons. The van der Waals surface area contributed by atoms with Gasteiger partial charge in [0.15, 0.2) is 5.58 Å². The molecule has 0 atom stereocenters. The monoisotopic (exact) mass is 504 g/mol. The Hall–Kier alpha value is -2.58.